The van der Waals surface area contributed by atoms with E-state index in [1.807, 2.05) is 14.1 Å². The number of esters is 1. The summed E-state index contributed by atoms with van der Waals surface area (Å²) in [6, 6.07) is 5.09. The van der Waals surface area contributed by atoms with Gasteiger partial charge in [-0.1, -0.05) is 77.8 Å². The SMILES string of the molecule is CC(C)C1=C2[C@H]3CCC4[C@@]5(C)CC[C@H](OC(=O)CC(C)(C)C(=O)O)C(C)(C)C5CC[C@@]4(C)[C@]3(C)CC[C@@]2([C@H](O)CN(CCN(C)C)Cc2cccc(Cl)c2F)CC1=O. The van der Waals surface area contributed by atoms with E-state index in [4.69, 9.17) is 16.3 Å². The van der Waals surface area contributed by atoms with Crippen molar-refractivity contribution >= 4 is 29.3 Å². The molecule has 0 bridgehead atoms. The molecule has 4 fully saturated rings. The molecule has 0 saturated heterocycles. The van der Waals surface area contributed by atoms with E-state index >= 15 is 4.39 Å². The molecule has 8 nitrogen and oxygen atoms in total. The number of hydrogen-bond donors (Lipinski definition) is 2. The number of allylic oxidation sites excluding steroid dienone is 1. The number of rotatable bonds is 13. The molecule has 6 rings (SSSR count). The molecule has 324 valence electrons. The third-order valence-electron chi connectivity index (χ3n) is 17.2. The van der Waals surface area contributed by atoms with Gasteiger partial charge in [0.2, 0.25) is 0 Å². The minimum atomic E-state index is -1.19. The smallest absolute Gasteiger partial charge is 0.309 e. The van der Waals surface area contributed by atoms with E-state index < -0.39 is 34.7 Å². The summed E-state index contributed by atoms with van der Waals surface area (Å²) in [5.41, 5.74) is 0.465. The number of carboxylic acid groups (broad SMARTS) is 1. The lowest BCUT2D eigenvalue weighted by Crippen LogP contribution is -2.66. The van der Waals surface area contributed by atoms with Gasteiger partial charge in [-0.15, -0.1) is 0 Å². The molecule has 5 aliphatic carbocycles. The number of hydrogen-bond acceptors (Lipinski definition) is 7. The van der Waals surface area contributed by atoms with Crippen LogP contribution in [0.3, 0.4) is 0 Å². The first-order valence-corrected chi connectivity index (χ1v) is 22.4. The van der Waals surface area contributed by atoms with Crippen LogP contribution in [0.25, 0.3) is 0 Å². The number of benzene rings is 1. The Hall–Kier alpha value is -2.33. The van der Waals surface area contributed by atoms with E-state index in [-0.39, 0.29) is 56.8 Å². The Balaban J connectivity index is 1.29. The third kappa shape index (κ3) is 7.42. The molecule has 9 atom stereocenters. The van der Waals surface area contributed by atoms with Crippen LogP contribution in [0.15, 0.2) is 29.3 Å². The topological polar surface area (TPSA) is 107 Å². The van der Waals surface area contributed by atoms with Crippen molar-refractivity contribution in [3.8, 4) is 0 Å². The number of carbonyl (C=O) groups excluding carboxylic acids is 2. The van der Waals surface area contributed by atoms with Gasteiger partial charge in [-0.25, -0.2) is 4.39 Å². The fourth-order valence-electron chi connectivity index (χ4n) is 13.8. The van der Waals surface area contributed by atoms with E-state index in [1.54, 1.807) is 32.0 Å². The van der Waals surface area contributed by atoms with Gasteiger partial charge < -0.3 is 19.8 Å². The second-order valence-electron chi connectivity index (χ2n) is 21.8. The number of nitrogens with zero attached hydrogens (tertiary/aromatic N) is 2. The van der Waals surface area contributed by atoms with Gasteiger partial charge in [0.25, 0.3) is 0 Å². The van der Waals surface area contributed by atoms with Gasteiger partial charge in [0.15, 0.2) is 5.78 Å². The number of aliphatic hydroxyl groups is 1. The average Bonchev–Trinajstić information content (AvgIpc) is 3.43. The van der Waals surface area contributed by atoms with E-state index in [2.05, 4.69) is 58.3 Å². The number of ketones is 1. The molecule has 1 aromatic rings. The minimum absolute atomic E-state index is 0.00797. The van der Waals surface area contributed by atoms with Crippen molar-refractivity contribution in [2.24, 2.45) is 56.2 Å². The first-order valence-electron chi connectivity index (χ1n) is 22.0. The van der Waals surface area contributed by atoms with Crippen LogP contribution in [0.5, 0.6) is 0 Å². The predicted octanol–water partition coefficient (Wildman–Crippen LogP) is 9.60. The van der Waals surface area contributed by atoms with Gasteiger partial charge in [-0.05, 0) is 131 Å². The number of carboxylic acids is 1. The number of fused-ring (bicyclic) bond motifs is 7. The lowest BCUT2D eigenvalue weighted by molar-refractivity contribution is -0.235. The highest BCUT2D eigenvalue weighted by Crippen LogP contribution is 2.77. The number of halogens is 2. The molecule has 2 unspecified atom stereocenters. The van der Waals surface area contributed by atoms with Crippen molar-refractivity contribution in [3.63, 3.8) is 0 Å². The maximum absolute atomic E-state index is 15.3. The lowest BCUT2D eigenvalue weighted by Gasteiger charge is -2.72. The summed E-state index contributed by atoms with van der Waals surface area (Å²) in [5, 5.41) is 22.4. The molecule has 0 heterocycles. The van der Waals surface area contributed by atoms with Crippen molar-refractivity contribution in [2.75, 3.05) is 33.7 Å². The molecule has 0 radical (unpaired) electrons. The summed E-state index contributed by atoms with van der Waals surface area (Å²) < 4.78 is 21.4. The largest absolute Gasteiger partial charge is 0.481 e. The molecule has 0 aliphatic heterocycles. The van der Waals surface area contributed by atoms with Crippen molar-refractivity contribution in [1.29, 1.82) is 0 Å². The van der Waals surface area contributed by atoms with E-state index in [9.17, 15) is 24.6 Å². The summed E-state index contributed by atoms with van der Waals surface area (Å²) in [5.74, 6) is -0.702. The Morgan fingerprint density at radius 1 is 0.966 bits per heavy atom. The molecular weight excluding hydrogens is 755 g/mol. The van der Waals surface area contributed by atoms with Crippen molar-refractivity contribution in [1.82, 2.24) is 9.80 Å². The fourth-order valence-corrected chi connectivity index (χ4v) is 14.0. The molecule has 0 amide bonds. The Kier molecular flexibility index (Phi) is 12.4. The monoisotopic (exact) mass is 827 g/mol. The Bertz CT molecular complexity index is 1810. The minimum Gasteiger partial charge on any atom is -0.481 e. The van der Waals surface area contributed by atoms with Crippen LogP contribution in [0.2, 0.25) is 5.02 Å². The number of aliphatic hydroxyl groups excluding tert-OH is 1. The zero-order chi connectivity index (χ0) is 43.0. The summed E-state index contributed by atoms with van der Waals surface area (Å²) >= 11 is 6.21. The summed E-state index contributed by atoms with van der Waals surface area (Å²) in [6.07, 6.45) is 6.52. The van der Waals surface area contributed by atoms with Gasteiger partial charge in [-0.2, -0.15) is 0 Å². The van der Waals surface area contributed by atoms with Gasteiger partial charge >= 0.3 is 11.9 Å². The van der Waals surface area contributed by atoms with Crippen molar-refractivity contribution in [3.05, 3.63) is 45.7 Å². The molecule has 0 aromatic heterocycles. The van der Waals surface area contributed by atoms with Crippen LogP contribution < -0.4 is 0 Å². The quantitative estimate of drug-likeness (QED) is 0.190. The highest BCUT2D eigenvalue weighted by molar-refractivity contribution is 6.30. The highest BCUT2D eigenvalue weighted by Gasteiger charge is 2.71. The Morgan fingerprint density at radius 3 is 2.29 bits per heavy atom. The third-order valence-corrected chi connectivity index (χ3v) is 17.5. The number of likely N-dealkylation sites (N-methyl/N-ethyl adjacent to an activating group) is 1. The number of Topliss-reactive ketones (excluding diaryl/α,β-unsaturated/α-hetero) is 1. The predicted molar refractivity (Wildman–Crippen MR) is 227 cm³/mol. The van der Waals surface area contributed by atoms with Crippen LogP contribution in [0.4, 0.5) is 4.39 Å². The van der Waals surface area contributed by atoms with Gasteiger partial charge in [-0.3, -0.25) is 19.3 Å². The lowest BCUT2D eigenvalue weighted by atomic mass is 9.33. The molecule has 4 saturated carbocycles. The number of ether oxygens (including phenoxy) is 1. The maximum atomic E-state index is 15.3. The van der Waals surface area contributed by atoms with E-state index in [0.29, 0.717) is 43.5 Å². The van der Waals surface area contributed by atoms with Gasteiger partial charge in [0, 0.05) is 49.0 Å². The second-order valence-corrected chi connectivity index (χ2v) is 22.2. The zero-order valence-electron chi connectivity index (χ0n) is 37.3. The van der Waals surface area contributed by atoms with Crippen LogP contribution in [-0.2, 0) is 25.7 Å². The Morgan fingerprint density at radius 2 is 1.66 bits per heavy atom. The standard InChI is InChI=1S/C48H72ClFN2O6/c1-29(2)39-33(53)25-48(36(54)28-52(24-23-51(10)11)27-30-13-12-14-32(49)41(30)50)22-21-46(8)31(40(39)48)15-16-35-45(7)19-18-37(58-38(55)26-43(3,4)42(56)57)44(5,6)34(45)17-20-47(35,46)9/h12-14,29,31,34-37,54H,15-28H2,1-11H3,(H,56,57)/t31-,34?,35?,36-,37+,45+,46-,47-,48+/m1/s1. The van der Waals surface area contributed by atoms with E-state index in [1.165, 1.54) is 5.57 Å². The van der Waals surface area contributed by atoms with Crippen LogP contribution in [-0.4, -0.2) is 83.7 Å². The van der Waals surface area contributed by atoms with Gasteiger partial charge in [0.05, 0.1) is 23.0 Å². The molecule has 10 heteroatoms. The first-order chi connectivity index (χ1) is 26.9. The molecule has 5 aliphatic rings. The van der Waals surface area contributed by atoms with Crippen LogP contribution in [0.1, 0.15) is 132 Å². The normalized spacial score (nSPS) is 35.1. The summed E-state index contributed by atoms with van der Waals surface area (Å²) in [6.45, 7) is 21.5. The summed E-state index contributed by atoms with van der Waals surface area (Å²) in [4.78, 5) is 43.5. The molecule has 0 spiro atoms. The number of aliphatic carboxylic acids is 1. The molecular formula is C48H72ClFN2O6. The second kappa shape index (κ2) is 15.9. The van der Waals surface area contributed by atoms with Crippen molar-refractivity contribution in [2.45, 2.75) is 145 Å². The van der Waals surface area contributed by atoms with Gasteiger partial charge in [0.1, 0.15) is 11.9 Å². The Labute approximate surface area is 352 Å². The maximum Gasteiger partial charge on any atom is 0.309 e. The fraction of sp³-hybridized carbons (Fsp3) is 0.771. The average molecular weight is 828 g/mol. The zero-order valence-corrected chi connectivity index (χ0v) is 38.0. The van der Waals surface area contributed by atoms with Crippen LogP contribution >= 0.6 is 11.6 Å². The highest BCUT2D eigenvalue weighted by atomic mass is 35.5. The van der Waals surface area contributed by atoms with E-state index in [0.717, 1.165) is 63.5 Å². The van der Waals surface area contributed by atoms with Crippen LogP contribution in [0, 0.1) is 62.0 Å². The number of carbonyl (C=O) groups is 3. The molecule has 2 N–H and O–H groups in total. The molecule has 1 aromatic carbocycles. The molecule has 58 heavy (non-hydrogen) atoms. The van der Waals surface area contributed by atoms with Crippen molar-refractivity contribution < 1.29 is 33.7 Å². The first kappa shape index (κ1) is 45.2. The summed E-state index contributed by atoms with van der Waals surface area (Å²) in [7, 11) is 4.02.